The summed E-state index contributed by atoms with van der Waals surface area (Å²) in [6, 6.07) is 6.63. The van der Waals surface area contributed by atoms with Gasteiger partial charge in [0.2, 0.25) is 0 Å². The molecule has 4 nitrogen and oxygen atoms in total. The van der Waals surface area contributed by atoms with Crippen LogP contribution in [0, 0.1) is 0 Å². The van der Waals surface area contributed by atoms with Crippen molar-refractivity contribution in [2.45, 2.75) is 48.3 Å². The SMILES string of the molecule is CCNC(C)CC(C)S(=O)c1ccc(S(C)(=O)=O)cc1. The molecule has 0 aromatic heterocycles. The molecule has 0 fully saturated rings. The van der Waals surface area contributed by atoms with E-state index in [9.17, 15) is 12.6 Å². The van der Waals surface area contributed by atoms with Crippen LogP contribution < -0.4 is 5.32 Å². The summed E-state index contributed by atoms with van der Waals surface area (Å²) in [6.45, 7) is 6.96. The lowest BCUT2D eigenvalue weighted by atomic mass is 10.2. The van der Waals surface area contributed by atoms with Crippen LogP contribution in [0.2, 0.25) is 0 Å². The zero-order chi connectivity index (χ0) is 15.3. The topological polar surface area (TPSA) is 63.2 Å². The molecule has 114 valence electrons. The van der Waals surface area contributed by atoms with Gasteiger partial charge < -0.3 is 5.32 Å². The first kappa shape index (κ1) is 17.3. The number of hydrogen-bond acceptors (Lipinski definition) is 4. The Kier molecular flexibility index (Phi) is 6.36. The number of benzene rings is 1. The number of hydrogen-bond donors (Lipinski definition) is 1. The molecular weight excluding hydrogens is 294 g/mol. The monoisotopic (exact) mass is 317 g/mol. The molecule has 0 bridgehead atoms. The van der Waals surface area contributed by atoms with Gasteiger partial charge in [0.1, 0.15) is 0 Å². The maximum absolute atomic E-state index is 12.4. The molecule has 6 heteroatoms. The predicted molar refractivity (Wildman–Crippen MR) is 83.2 cm³/mol. The second-order valence-electron chi connectivity index (χ2n) is 5.05. The first-order valence-corrected chi connectivity index (χ1v) is 9.80. The van der Waals surface area contributed by atoms with Gasteiger partial charge in [-0.2, -0.15) is 0 Å². The summed E-state index contributed by atoms with van der Waals surface area (Å²) < 4.78 is 35.1. The summed E-state index contributed by atoms with van der Waals surface area (Å²) in [4.78, 5) is 0.931. The van der Waals surface area contributed by atoms with Crippen LogP contribution in [0.25, 0.3) is 0 Å². The van der Waals surface area contributed by atoms with E-state index in [4.69, 9.17) is 0 Å². The highest BCUT2D eigenvalue weighted by Gasteiger charge is 2.17. The maximum Gasteiger partial charge on any atom is 0.175 e. The van der Waals surface area contributed by atoms with Crippen LogP contribution in [0.4, 0.5) is 0 Å². The summed E-state index contributed by atoms with van der Waals surface area (Å²) >= 11 is 0. The Morgan fingerprint density at radius 3 is 2.20 bits per heavy atom. The van der Waals surface area contributed by atoms with Crippen molar-refractivity contribution >= 4 is 20.6 Å². The van der Waals surface area contributed by atoms with Gasteiger partial charge in [-0.25, -0.2) is 8.42 Å². The van der Waals surface area contributed by atoms with Crippen LogP contribution in [0.1, 0.15) is 27.2 Å². The van der Waals surface area contributed by atoms with Gasteiger partial charge in [0.25, 0.3) is 0 Å². The van der Waals surface area contributed by atoms with Gasteiger partial charge in [-0.15, -0.1) is 0 Å². The molecule has 0 saturated heterocycles. The van der Waals surface area contributed by atoms with Crippen molar-refractivity contribution in [3.8, 4) is 0 Å². The summed E-state index contributed by atoms with van der Waals surface area (Å²) in [7, 11) is -4.32. The Labute approximate surface area is 124 Å². The Morgan fingerprint density at radius 2 is 1.75 bits per heavy atom. The summed E-state index contributed by atoms with van der Waals surface area (Å²) in [5, 5.41) is 3.32. The van der Waals surface area contributed by atoms with E-state index in [0.717, 1.165) is 13.0 Å². The molecule has 0 spiro atoms. The molecule has 0 aliphatic heterocycles. The largest absolute Gasteiger partial charge is 0.314 e. The molecule has 1 aromatic rings. The molecular formula is C14H23NO3S2. The first-order chi connectivity index (χ1) is 9.25. The molecule has 0 heterocycles. The van der Waals surface area contributed by atoms with Crippen LogP contribution >= 0.6 is 0 Å². The number of sulfone groups is 1. The molecule has 20 heavy (non-hydrogen) atoms. The third kappa shape index (κ3) is 5.00. The lowest BCUT2D eigenvalue weighted by Gasteiger charge is -2.17. The molecule has 1 aromatic carbocycles. The minimum atomic E-state index is -3.20. The van der Waals surface area contributed by atoms with E-state index in [2.05, 4.69) is 12.2 Å². The zero-order valence-corrected chi connectivity index (χ0v) is 14.1. The van der Waals surface area contributed by atoms with E-state index >= 15 is 0 Å². The van der Waals surface area contributed by atoms with Crippen molar-refractivity contribution < 1.29 is 12.6 Å². The molecule has 0 radical (unpaired) electrons. The molecule has 3 unspecified atom stereocenters. The highest BCUT2D eigenvalue weighted by atomic mass is 32.2. The highest BCUT2D eigenvalue weighted by Crippen LogP contribution is 2.17. The predicted octanol–water partition coefficient (Wildman–Crippen LogP) is 1.97. The Morgan fingerprint density at radius 1 is 1.20 bits per heavy atom. The van der Waals surface area contributed by atoms with Crippen molar-refractivity contribution in [3.63, 3.8) is 0 Å². The average molecular weight is 317 g/mol. The van der Waals surface area contributed by atoms with Crippen LogP contribution in [0.15, 0.2) is 34.1 Å². The minimum Gasteiger partial charge on any atom is -0.314 e. The van der Waals surface area contributed by atoms with Gasteiger partial charge in [0.05, 0.1) is 15.7 Å². The van der Waals surface area contributed by atoms with Gasteiger partial charge in [0, 0.05) is 22.4 Å². The Bertz CT molecular complexity index is 552. The van der Waals surface area contributed by atoms with Gasteiger partial charge in [-0.1, -0.05) is 13.8 Å². The van der Waals surface area contributed by atoms with E-state index < -0.39 is 20.6 Å². The molecule has 1 N–H and O–H groups in total. The lowest BCUT2D eigenvalue weighted by molar-refractivity contribution is 0.524. The van der Waals surface area contributed by atoms with E-state index in [-0.39, 0.29) is 10.1 Å². The maximum atomic E-state index is 12.4. The fraction of sp³-hybridized carbons (Fsp3) is 0.571. The standard InChI is InChI=1S/C14H23NO3S2/c1-5-15-11(2)10-12(3)19(16)13-6-8-14(9-7-13)20(4,17)18/h6-9,11-12,15H,5,10H2,1-4H3. The smallest absolute Gasteiger partial charge is 0.175 e. The second-order valence-corrected chi connectivity index (χ2v) is 8.93. The van der Waals surface area contributed by atoms with Gasteiger partial charge in [0.15, 0.2) is 9.84 Å². The third-order valence-electron chi connectivity index (χ3n) is 3.09. The van der Waals surface area contributed by atoms with Crippen molar-refractivity contribution in [1.82, 2.24) is 5.32 Å². The van der Waals surface area contributed by atoms with Crippen molar-refractivity contribution in [2.75, 3.05) is 12.8 Å². The molecule has 0 aliphatic carbocycles. The molecule has 3 atom stereocenters. The van der Waals surface area contributed by atoms with E-state index in [0.29, 0.717) is 10.9 Å². The van der Waals surface area contributed by atoms with Crippen molar-refractivity contribution in [3.05, 3.63) is 24.3 Å². The number of nitrogens with one attached hydrogen (secondary N) is 1. The second kappa shape index (κ2) is 7.33. The number of rotatable bonds is 7. The van der Waals surface area contributed by atoms with E-state index in [1.54, 1.807) is 12.1 Å². The van der Waals surface area contributed by atoms with E-state index in [1.807, 2.05) is 13.8 Å². The van der Waals surface area contributed by atoms with E-state index in [1.165, 1.54) is 18.4 Å². The van der Waals surface area contributed by atoms with Crippen molar-refractivity contribution in [1.29, 1.82) is 0 Å². The molecule has 0 saturated carbocycles. The highest BCUT2D eigenvalue weighted by molar-refractivity contribution is 7.90. The van der Waals surface area contributed by atoms with Crippen LogP contribution in [0.3, 0.4) is 0 Å². The lowest BCUT2D eigenvalue weighted by Crippen LogP contribution is -2.30. The summed E-state index contributed by atoms with van der Waals surface area (Å²) in [6.07, 6.45) is 1.98. The van der Waals surface area contributed by atoms with Crippen LogP contribution in [0.5, 0.6) is 0 Å². The summed E-state index contributed by atoms with van der Waals surface area (Å²) in [5.74, 6) is 0. The first-order valence-electron chi connectivity index (χ1n) is 6.69. The van der Waals surface area contributed by atoms with Gasteiger partial charge in [-0.05, 0) is 44.2 Å². The third-order valence-corrected chi connectivity index (χ3v) is 5.88. The fourth-order valence-electron chi connectivity index (χ4n) is 2.07. The Hall–Kier alpha value is -0.720. The van der Waals surface area contributed by atoms with Crippen LogP contribution in [-0.4, -0.2) is 36.7 Å². The fourth-order valence-corrected chi connectivity index (χ4v) is 4.03. The zero-order valence-electron chi connectivity index (χ0n) is 12.4. The Balaban J connectivity index is 2.77. The van der Waals surface area contributed by atoms with Gasteiger partial charge in [-0.3, -0.25) is 4.21 Å². The average Bonchev–Trinajstić information content (AvgIpc) is 2.37. The van der Waals surface area contributed by atoms with Gasteiger partial charge >= 0.3 is 0 Å². The molecule has 0 amide bonds. The normalized spacial score (nSPS) is 16.6. The van der Waals surface area contributed by atoms with Crippen LogP contribution in [-0.2, 0) is 20.6 Å². The summed E-state index contributed by atoms with van der Waals surface area (Å²) in [5.41, 5.74) is 0. The quantitative estimate of drug-likeness (QED) is 0.835. The molecule has 1 rings (SSSR count). The van der Waals surface area contributed by atoms with Crippen molar-refractivity contribution in [2.24, 2.45) is 0 Å². The molecule has 0 aliphatic rings. The minimum absolute atomic E-state index is 0.0214.